The van der Waals surface area contributed by atoms with Crippen molar-refractivity contribution in [2.24, 2.45) is 5.14 Å². The number of aryl methyl sites for hydroxylation is 2. The Labute approximate surface area is 139 Å². The number of imidazole rings is 1. The fraction of sp³-hybridized carbons (Fsp3) is 0.125. The van der Waals surface area contributed by atoms with Crippen molar-refractivity contribution in [3.8, 4) is 6.07 Å². The first-order chi connectivity index (χ1) is 11.4. The highest BCUT2D eigenvalue weighted by Crippen LogP contribution is 2.20. The third-order valence-electron chi connectivity index (χ3n) is 3.78. The monoisotopic (exact) mass is 341 g/mol. The van der Waals surface area contributed by atoms with Crippen LogP contribution in [0.2, 0.25) is 0 Å². The number of primary sulfonamides is 1. The molecule has 0 bridgehead atoms. The Hall–Kier alpha value is -2.89. The van der Waals surface area contributed by atoms with E-state index in [9.17, 15) is 8.42 Å². The van der Waals surface area contributed by atoms with Gasteiger partial charge < -0.3 is 10.3 Å². The summed E-state index contributed by atoms with van der Waals surface area (Å²) in [6.07, 6.45) is 0.653. The lowest BCUT2D eigenvalue weighted by Crippen LogP contribution is -2.12. The van der Waals surface area contributed by atoms with E-state index in [1.807, 2.05) is 10.6 Å². The summed E-state index contributed by atoms with van der Waals surface area (Å²) in [5.74, 6) is 0.376. The van der Waals surface area contributed by atoms with Crippen LogP contribution in [0.5, 0.6) is 0 Å². The van der Waals surface area contributed by atoms with Crippen molar-refractivity contribution in [2.45, 2.75) is 17.9 Å². The molecular formula is C16H15N5O2S. The number of nitrogens with two attached hydrogens (primary N) is 2. The number of hydrogen-bond donors (Lipinski definition) is 2. The van der Waals surface area contributed by atoms with Gasteiger partial charge in [-0.3, -0.25) is 0 Å². The Morgan fingerprint density at radius 3 is 2.50 bits per heavy atom. The standard InChI is InChI=1S/C16H15N5O2S/c17-10-12-3-6-15-14(9-12)20-16(18)21(15)8-7-11-1-4-13(5-2-11)24(19,22)23/h1-6,9H,7-8H2,(H2,18,20)(H2,19,22,23). The second kappa shape index (κ2) is 5.96. The summed E-state index contributed by atoms with van der Waals surface area (Å²) in [7, 11) is -3.68. The molecule has 0 radical (unpaired) electrons. The Kier molecular flexibility index (Phi) is 3.97. The average molecular weight is 341 g/mol. The molecular weight excluding hydrogens is 326 g/mol. The Morgan fingerprint density at radius 2 is 1.88 bits per heavy atom. The number of nitriles is 1. The van der Waals surface area contributed by atoms with Gasteiger partial charge in [-0.2, -0.15) is 5.26 Å². The van der Waals surface area contributed by atoms with Gasteiger partial charge in [-0.1, -0.05) is 12.1 Å². The van der Waals surface area contributed by atoms with E-state index in [0.29, 0.717) is 30.0 Å². The summed E-state index contributed by atoms with van der Waals surface area (Å²) in [6.45, 7) is 0.586. The van der Waals surface area contributed by atoms with E-state index in [0.717, 1.165) is 11.1 Å². The summed E-state index contributed by atoms with van der Waals surface area (Å²) in [5.41, 5.74) is 8.98. The second-order valence-electron chi connectivity index (χ2n) is 5.38. The number of benzene rings is 2. The topological polar surface area (TPSA) is 128 Å². The third kappa shape index (κ3) is 3.08. The summed E-state index contributed by atoms with van der Waals surface area (Å²) in [4.78, 5) is 4.36. The number of sulfonamides is 1. The van der Waals surface area contributed by atoms with Gasteiger partial charge in [-0.25, -0.2) is 18.5 Å². The molecule has 0 aliphatic carbocycles. The molecule has 0 fully saturated rings. The summed E-state index contributed by atoms with van der Waals surface area (Å²) in [6, 6.07) is 13.7. The summed E-state index contributed by atoms with van der Waals surface area (Å²) in [5, 5.41) is 14.0. The van der Waals surface area contributed by atoms with Crippen LogP contribution in [0.15, 0.2) is 47.4 Å². The van der Waals surface area contributed by atoms with Gasteiger partial charge in [0, 0.05) is 6.54 Å². The van der Waals surface area contributed by atoms with Crippen LogP contribution in [0.25, 0.3) is 11.0 Å². The lowest BCUT2D eigenvalue weighted by Gasteiger charge is -2.07. The smallest absolute Gasteiger partial charge is 0.238 e. The molecule has 1 aromatic heterocycles. The highest BCUT2D eigenvalue weighted by molar-refractivity contribution is 7.89. The van der Waals surface area contributed by atoms with Crippen LogP contribution in [-0.4, -0.2) is 18.0 Å². The van der Waals surface area contributed by atoms with Crippen LogP contribution in [0.4, 0.5) is 5.95 Å². The van der Waals surface area contributed by atoms with Crippen molar-refractivity contribution in [3.05, 3.63) is 53.6 Å². The minimum absolute atomic E-state index is 0.0860. The highest BCUT2D eigenvalue weighted by atomic mass is 32.2. The maximum atomic E-state index is 11.3. The highest BCUT2D eigenvalue weighted by Gasteiger charge is 2.10. The molecule has 0 saturated heterocycles. The van der Waals surface area contributed by atoms with Gasteiger partial charge in [0.2, 0.25) is 16.0 Å². The molecule has 4 N–H and O–H groups in total. The zero-order chi connectivity index (χ0) is 17.3. The number of nitrogens with zero attached hydrogens (tertiary/aromatic N) is 3. The van der Waals surface area contributed by atoms with Gasteiger partial charge in [-0.15, -0.1) is 0 Å². The van der Waals surface area contributed by atoms with E-state index < -0.39 is 10.0 Å². The zero-order valence-corrected chi connectivity index (χ0v) is 13.5. The molecule has 0 atom stereocenters. The first-order valence-electron chi connectivity index (χ1n) is 7.16. The number of nitrogen functional groups attached to an aromatic ring is 1. The zero-order valence-electron chi connectivity index (χ0n) is 12.7. The van der Waals surface area contributed by atoms with Crippen molar-refractivity contribution >= 4 is 27.0 Å². The van der Waals surface area contributed by atoms with Crippen LogP contribution in [0, 0.1) is 11.3 Å². The number of hydrogen-bond acceptors (Lipinski definition) is 5. The predicted molar refractivity (Wildman–Crippen MR) is 90.4 cm³/mol. The molecule has 24 heavy (non-hydrogen) atoms. The van der Waals surface area contributed by atoms with Crippen LogP contribution in [0.3, 0.4) is 0 Å². The van der Waals surface area contributed by atoms with E-state index in [4.69, 9.17) is 16.1 Å². The first kappa shape index (κ1) is 16.0. The molecule has 0 aliphatic rings. The molecule has 0 spiro atoms. The van der Waals surface area contributed by atoms with Crippen LogP contribution in [-0.2, 0) is 23.0 Å². The van der Waals surface area contributed by atoms with Gasteiger partial charge in [0.25, 0.3) is 0 Å². The second-order valence-corrected chi connectivity index (χ2v) is 6.94. The van der Waals surface area contributed by atoms with E-state index in [1.165, 1.54) is 12.1 Å². The molecule has 3 rings (SSSR count). The van der Waals surface area contributed by atoms with Crippen molar-refractivity contribution in [2.75, 3.05) is 5.73 Å². The molecule has 8 heteroatoms. The quantitative estimate of drug-likeness (QED) is 0.741. The molecule has 122 valence electrons. The van der Waals surface area contributed by atoms with Crippen molar-refractivity contribution in [1.29, 1.82) is 5.26 Å². The van der Waals surface area contributed by atoms with Gasteiger partial charge in [0.05, 0.1) is 27.6 Å². The minimum atomic E-state index is -3.68. The van der Waals surface area contributed by atoms with E-state index in [1.54, 1.807) is 24.3 Å². The number of anilines is 1. The average Bonchev–Trinajstić information content (AvgIpc) is 2.86. The number of rotatable bonds is 4. The lowest BCUT2D eigenvalue weighted by molar-refractivity contribution is 0.597. The minimum Gasteiger partial charge on any atom is -0.369 e. The molecule has 0 aliphatic heterocycles. The SMILES string of the molecule is N#Cc1ccc2c(c1)nc(N)n2CCc1ccc(S(N)(=O)=O)cc1. The van der Waals surface area contributed by atoms with Crippen LogP contribution >= 0.6 is 0 Å². The summed E-state index contributed by atoms with van der Waals surface area (Å²) < 4.78 is 24.4. The Bertz CT molecular complexity index is 1050. The van der Waals surface area contributed by atoms with Crippen LogP contribution < -0.4 is 10.9 Å². The maximum absolute atomic E-state index is 11.3. The predicted octanol–water partition coefficient (Wildman–Crippen LogP) is 1.38. The fourth-order valence-electron chi connectivity index (χ4n) is 2.54. The Morgan fingerprint density at radius 1 is 1.17 bits per heavy atom. The van der Waals surface area contributed by atoms with Gasteiger partial charge in [-0.05, 0) is 42.3 Å². The van der Waals surface area contributed by atoms with Gasteiger partial charge in [0.15, 0.2) is 0 Å². The normalized spacial score (nSPS) is 11.5. The number of aromatic nitrogens is 2. The first-order valence-corrected chi connectivity index (χ1v) is 8.71. The van der Waals surface area contributed by atoms with Crippen molar-refractivity contribution in [1.82, 2.24) is 9.55 Å². The van der Waals surface area contributed by atoms with Crippen molar-refractivity contribution in [3.63, 3.8) is 0 Å². The number of fused-ring (bicyclic) bond motifs is 1. The van der Waals surface area contributed by atoms with Crippen LogP contribution in [0.1, 0.15) is 11.1 Å². The molecule has 0 amide bonds. The molecule has 0 unspecified atom stereocenters. The van der Waals surface area contributed by atoms with E-state index in [-0.39, 0.29) is 4.90 Å². The molecule has 0 saturated carbocycles. The molecule has 2 aromatic carbocycles. The fourth-order valence-corrected chi connectivity index (χ4v) is 3.06. The molecule has 3 aromatic rings. The van der Waals surface area contributed by atoms with E-state index in [2.05, 4.69) is 11.1 Å². The largest absolute Gasteiger partial charge is 0.369 e. The van der Waals surface area contributed by atoms with E-state index >= 15 is 0 Å². The maximum Gasteiger partial charge on any atom is 0.238 e. The third-order valence-corrected chi connectivity index (χ3v) is 4.71. The Balaban J connectivity index is 1.83. The molecule has 7 nitrogen and oxygen atoms in total. The molecule has 1 heterocycles. The van der Waals surface area contributed by atoms with Crippen molar-refractivity contribution < 1.29 is 8.42 Å². The lowest BCUT2D eigenvalue weighted by atomic mass is 10.1. The summed E-state index contributed by atoms with van der Waals surface area (Å²) >= 11 is 0. The van der Waals surface area contributed by atoms with Gasteiger partial charge in [0.1, 0.15) is 0 Å². The van der Waals surface area contributed by atoms with Gasteiger partial charge >= 0.3 is 0 Å².